The molecule has 5 heteroatoms. The van der Waals surface area contributed by atoms with E-state index in [1.807, 2.05) is 11.8 Å². The van der Waals surface area contributed by atoms with Crippen LogP contribution in [0.25, 0.3) is 0 Å². The molecule has 0 aromatic carbocycles. The Morgan fingerprint density at radius 1 is 1.63 bits per heavy atom. The molecule has 2 rings (SSSR count). The largest absolute Gasteiger partial charge is 0.384 e. The SMILES string of the molecule is CCNc1cnccc1C(=O)N1CCC(COC)C1. The van der Waals surface area contributed by atoms with Gasteiger partial charge in [0.25, 0.3) is 5.91 Å². The Kier molecular flexibility index (Phi) is 4.74. The van der Waals surface area contributed by atoms with Crippen LogP contribution in [-0.2, 0) is 4.74 Å². The molecule has 2 heterocycles. The van der Waals surface area contributed by atoms with E-state index >= 15 is 0 Å². The first-order valence-corrected chi connectivity index (χ1v) is 6.72. The average Bonchev–Trinajstić information content (AvgIpc) is 2.88. The number of carbonyl (C=O) groups is 1. The van der Waals surface area contributed by atoms with Crippen molar-refractivity contribution in [1.82, 2.24) is 9.88 Å². The van der Waals surface area contributed by atoms with Crippen molar-refractivity contribution in [2.24, 2.45) is 5.92 Å². The topological polar surface area (TPSA) is 54.5 Å². The van der Waals surface area contributed by atoms with Gasteiger partial charge in [0.2, 0.25) is 0 Å². The van der Waals surface area contributed by atoms with Gasteiger partial charge < -0.3 is 15.0 Å². The number of amides is 1. The third kappa shape index (κ3) is 3.23. The number of aromatic nitrogens is 1. The lowest BCUT2D eigenvalue weighted by atomic mass is 10.1. The Hall–Kier alpha value is -1.62. The average molecular weight is 263 g/mol. The second-order valence-electron chi connectivity index (χ2n) is 4.81. The Labute approximate surface area is 114 Å². The molecule has 19 heavy (non-hydrogen) atoms. The van der Waals surface area contributed by atoms with Crippen molar-refractivity contribution >= 4 is 11.6 Å². The molecule has 1 N–H and O–H groups in total. The number of pyridine rings is 1. The van der Waals surface area contributed by atoms with Gasteiger partial charge in [0, 0.05) is 38.9 Å². The zero-order valence-corrected chi connectivity index (χ0v) is 11.6. The number of hydrogen-bond acceptors (Lipinski definition) is 4. The van der Waals surface area contributed by atoms with Crippen LogP contribution in [0, 0.1) is 5.92 Å². The van der Waals surface area contributed by atoms with Crippen LogP contribution >= 0.6 is 0 Å². The van der Waals surface area contributed by atoms with E-state index in [2.05, 4.69) is 10.3 Å². The first kappa shape index (κ1) is 13.8. The van der Waals surface area contributed by atoms with Crippen molar-refractivity contribution in [3.05, 3.63) is 24.0 Å². The molecule has 1 saturated heterocycles. The summed E-state index contributed by atoms with van der Waals surface area (Å²) in [5, 5.41) is 3.18. The fourth-order valence-corrected chi connectivity index (χ4v) is 2.47. The van der Waals surface area contributed by atoms with E-state index < -0.39 is 0 Å². The standard InChI is InChI=1S/C14H21N3O2/c1-3-16-13-8-15-6-4-12(13)14(18)17-7-5-11(9-17)10-19-2/h4,6,8,11,16H,3,5,7,9-10H2,1-2H3. The van der Waals surface area contributed by atoms with Crippen molar-refractivity contribution in [3.8, 4) is 0 Å². The van der Waals surface area contributed by atoms with Gasteiger partial charge in [-0.05, 0) is 19.4 Å². The predicted octanol–water partition coefficient (Wildman–Crippen LogP) is 1.62. The van der Waals surface area contributed by atoms with Gasteiger partial charge in [0.1, 0.15) is 0 Å². The summed E-state index contributed by atoms with van der Waals surface area (Å²) in [6, 6.07) is 1.78. The minimum atomic E-state index is 0.0805. The molecule has 104 valence electrons. The molecule has 0 radical (unpaired) electrons. The van der Waals surface area contributed by atoms with Gasteiger partial charge in [0.15, 0.2) is 0 Å². The summed E-state index contributed by atoms with van der Waals surface area (Å²) < 4.78 is 5.16. The van der Waals surface area contributed by atoms with Crippen LogP contribution in [-0.4, -0.2) is 49.1 Å². The number of nitrogens with zero attached hydrogens (tertiary/aromatic N) is 2. The van der Waals surface area contributed by atoms with E-state index in [0.29, 0.717) is 11.5 Å². The van der Waals surface area contributed by atoms with E-state index in [-0.39, 0.29) is 5.91 Å². The first-order valence-electron chi connectivity index (χ1n) is 6.72. The molecule has 0 spiro atoms. The second-order valence-corrected chi connectivity index (χ2v) is 4.81. The maximum Gasteiger partial charge on any atom is 0.256 e. The molecular formula is C14H21N3O2. The smallest absolute Gasteiger partial charge is 0.256 e. The summed E-state index contributed by atoms with van der Waals surface area (Å²) in [6.07, 6.45) is 4.39. The van der Waals surface area contributed by atoms with Gasteiger partial charge in [-0.3, -0.25) is 9.78 Å². The van der Waals surface area contributed by atoms with Gasteiger partial charge in [-0.1, -0.05) is 0 Å². The molecule has 1 aliphatic heterocycles. The van der Waals surface area contributed by atoms with Crippen LogP contribution in [0.2, 0.25) is 0 Å². The molecule has 0 aliphatic carbocycles. The number of likely N-dealkylation sites (tertiary alicyclic amines) is 1. The summed E-state index contributed by atoms with van der Waals surface area (Å²) >= 11 is 0. The van der Waals surface area contributed by atoms with Crippen molar-refractivity contribution in [1.29, 1.82) is 0 Å². The highest BCUT2D eigenvalue weighted by Crippen LogP contribution is 2.22. The minimum absolute atomic E-state index is 0.0805. The molecule has 1 fully saturated rings. The summed E-state index contributed by atoms with van der Waals surface area (Å²) in [7, 11) is 1.70. The fraction of sp³-hybridized carbons (Fsp3) is 0.571. The van der Waals surface area contributed by atoms with E-state index in [4.69, 9.17) is 4.74 Å². The third-order valence-corrected chi connectivity index (χ3v) is 3.39. The van der Waals surface area contributed by atoms with Crippen LogP contribution in [0.3, 0.4) is 0 Å². The number of nitrogens with one attached hydrogen (secondary N) is 1. The minimum Gasteiger partial charge on any atom is -0.384 e. The number of carbonyl (C=O) groups excluding carboxylic acids is 1. The second kappa shape index (κ2) is 6.52. The van der Waals surface area contributed by atoms with Crippen molar-refractivity contribution in [3.63, 3.8) is 0 Å². The molecule has 0 bridgehead atoms. The van der Waals surface area contributed by atoms with Crippen LogP contribution in [0.5, 0.6) is 0 Å². The van der Waals surface area contributed by atoms with Crippen LogP contribution in [0.4, 0.5) is 5.69 Å². The molecule has 1 aromatic heterocycles. The highest BCUT2D eigenvalue weighted by Gasteiger charge is 2.27. The third-order valence-electron chi connectivity index (χ3n) is 3.39. The quantitative estimate of drug-likeness (QED) is 0.877. The normalized spacial score (nSPS) is 18.6. The lowest BCUT2D eigenvalue weighted by Crippen LogP contribution is -2.30. The van der Waals surface area contributed by atoms with Crippen LogP contribution < -0.4 is 5.32 Å². The Morgan fingerprint density at radius 3 is 3.21 bits per heavy atom. The maximum absolute atomic E-state index is 12.5. The van der Waals surface area contributed by atoms with Gasteiger partial charge in [0.05, 0.1) is 24.1 Å². The first-order chi connectivity index (χ1) is 9.26. The molecule has 1 aromatic rings. The molecular weight excluding hydrogens is 242 g/mol. The number of methoxy groups -OCH3 is 1. The predicted molar refractivity (Wildman–Crippen MR) is 74.3 cm³/mol. The van der Waals surface area contributed by atoms with Gasteiger partial charge in [-0.25, -0.2) is 0 Å². The van der Waals surface area contributed by atoms with Gasteiger partial charge in [-0.15, -0.1) is 0 Å². The highest BCUT2D eigenvalue weighted by atomic mass is 16.5. The molecule has 5 nitrogen and oxygen atoms in total. The van der Waals surface area contributed by atoms with E-state index in [1.165, 1.54) is 0 Å². The number of anilines is 1. The number of hydrogen-bond donors (Lipinski definition) is 1. The van der Waals surface area contributed by atoms with Crippen molar-refractivity contribution < 1.29 is 9.53 Å². The molecule has 0 saturated carbocycles. The highest BCUT2D eigenvalue weighted by molar-refractivity contribution is 5.99. The van der Waals surface area contributed by atoms with Crippen LogP contribution in [0.15, 0.2) is 18.5 Å². The molecule has 1 aliphatic rings. The zero-order valence-electron chi connectivity index (χ0n) is 11.6. The Bertz CT molecular complexity index is 436. The Balaban J connectivity index is 2.08. The van der Waals surface area contributed by atoms with Gasteiger partial charge in [-0.2, -0.15) is 0 Å². The monoisotopic (exact) mass is 263 g/mol. The van der Waals surface area contributed by atoms with E-state index in [9.17, 15) is 4.79 Å². The van der Waals surface area contributed by atoms with Crippen molar-refractivity contribution in [2.75, 3.05) is 38.7 Å². The van der Waals surface area contributed by atoms with Crippen LogP contribution in [0.1, 0.15) is 23.7 Å². The lowest BCUT2D eigenvalue weighted by molar-refractivity contribution is 0.0776. The maximum atomic E-state index is 12.5. The van der Waals surface area contributed by atoms with Gasteiger partial charge >= 0.3 is 0 Å². The number of ether oxygens (including phenoxy) is 1. The Morgan fingerprint density at radius 2 is 2.47 bits per heavy atom. The fourth-order valence-electron chi connectivity index (χ4n) is 2.47. The molecule has 1 atom stereocenters. The summed E-state index contributed by atoms with van der Waals surface area (Å²) in [6.45, 7) is 5.09. The summed E-state index contributed by atoms with van der Waals surface area (Å²) in [5.74, 6) is 0.537. The summed E-state index contributed by atoms with van der Waals surface area (Å²) in [4.78, 5) is 18.5. The number of rotatable bonds is 5. The van der Waals surface area contributed by atoms with E-state index in [1.54, 1.807) is 25.6 Å². The molecule has 1 amide bonds. The van der Waals surface area contributed by atoms with E-state index in [0.717, 1.165) is 38.3 Å². The lowest BCUT2D eigenvalue weighted by Gasteiger charge is -2.18. The zero-order chi connectivity index (χ0) is 13.7. The van der Waals surface area contributed by atoms with Crippen molar-refractivity contribution in [2.45, 2.75) is 13.3 Å². The summed E-state index contributed by atoms with van der Waals surface area (Å²) in [5.41, 5.74) is 1.51. The molecule has 1 unspecified atom stereocenters.